The molecule has 0 atom stereocenters. The Bertz CT molecular complexity index is 1010. The number of unbranched alkanes of at least 4 members (excludes halogenated alkanes) is 1. The third kappa shape index (κ3) is 3.32. The van der Waals surface area contributed by atoms with Crippen LogP contribution in [-0.4, -0.2) is 22.7 Å². The second kappa shape index (κ2) is 7.66. The van der Waals surface area contributed by atoms with Crippen LogP contribution in [0.1, 0.15) is 30.3 Å². The van der Waals surface area contributed by atoms with Crippen molar-refractivity contribution in [3.05, 3.63) is 58.5 Å². The molecule has 0 radical (unpaired) electrons. The van der Waals surface area contributed by atoms with Gasteiger partial charge in [-0.15, -0.1) is 12.6 Å². The molecule has 0 saturated heterocycles. The summed E-state index contributed by atoms with van der Waals surface area (Å²) in [5.41, 5.74) is 0.924. The van der Waals surface area contributed by atoms with Crippen molar-refractivity contribution in [2.45, 2.75) is 24.7 Å². The first-order valence-corrected chi connectivity index (χ1v) is 8.82. The third-order valence-electron chi connectivity index (χ3n) is 4.15. The second-order valence-corrected chi connectivity index (χ2v) is 6.36. The molecule has 6 heteroatoms. The van der Waals surface area contributed by atoms with Gasteiger partial charge >= 0.3 is 5.97 Å². The van der Waals surface area contributed by atoms with Crippen molar-refractivity contribution in [2.75, 3.05) is 6.61 Å². The molecule has 134 valence electrons. The molecule has 1 aromatic heterocycles. The van der Waals surface area contributed by atoms with Crippen molar-refractivity contribution in [3.63, 3.8) is 0 Å². The largest absolute Gasteiger partial charge is 0.505 e. The van der Waals surface area contributed by atoms with Crippen LogP contribution in [-0.2, 0) is 4.74 Å². The maximum Gasteiger partial charge on any atom is 0.358 e. The number of thiol groups is 1. The van der Waals surface area contributed by atoms with Gasteiger partial charge in [0.05, 0.1) is 12.0 Å². The summed E-state index contributed by atoms with van der Waals surface area (Å²) in [7, 11) is 0. The molecule has 0 saturated carbocycles. The number of esters is 1. The van der Waals surface area contributed by atoms with E-state index in [0.29, 0.717) is 11.3 Å². The molecule has 2 aromatic carbocycles. The topological polar surface area (TPSA) is 79.4 Å². The Morgan fingerprint density at radius 2 is 1.92 bits per heavy atom. The number of H-pyrrole nitrogens is 1. The number of hydrogen-bond donors (Lipinski definition) is 3. The predicted octanol–water partition coefficient (Wildman–Crippen LogP) is 4.15. The first-order chi connectivity index (χ1) is 12.5. The number of aromatic amines is 1. The molecule has 0 amide bonds. The van der Waals surface area contributed by atoms with Gasteiger partial charge in [0.25, 0.3) is 5.56 Å². The molecule has 3 rings (SSSR count). The first-order valence-electron chi connectivity index (χ1n) is 8.38. The number of benzene rings is 2. The summed E-state index contributed by atoms with van der Waals surface area (Å²) >= 11 is 4.53. The molecule has 0 unspecified atom stereocenters. The number of aromatic hydroxyl groups is 1. The summed E-state index contributed by atoms with van der Waals surface area (Å²) in [4.78, 5) is 27.5. The van der Waals surface area contributed by atoms with Gasteiger partial charge in [0.1, 0.15) is 0 Å². The minimum Gasteiger partial charge on any atom is -0.505 e. The number of fused-ring (bicyclic) bond motifs is 1. The summed E-state index contributed by atoms with van der Waals surface area (Å²) in [6.45, 7) is 2.20. The lowest BCUT2D eigenvalue weighted by Crippen LogP contribution is -2.16. The average molecular weight is 369 g/mol. The minimum absolute atomic E-state index is 0.229. The van der Waals surface area contributed by atoms with Crippen LogP contribution in [0.4, 0.5) is 0 Å². The van der Waals surface area contributed by atoms with Crippen molar-refractivity contribution >= 4 is 29.4 Å². The van der Waals surface area contributed by atoms with Gasteiger partial charge in [-0.1, -0.05) is 49.7 Å². The molecule has 3 aromatic rings. The quantitative estimate of drug-likeness (QED) is 0.359. The van der Waals surface area contributed by atoms with Gasteiger partial charge in [0.2, 0.25) is 0 Å². The van der Waals surface area contributed by atoms with E-state index >= 15 is 0 Å². The molecule has 1 heterocycles. The lowest BCUT2D eigenvalue weighted by molar-refractivity contribution is 0.0489. The van der Waals surface area contributed by atoms with E-state index in [4.69, 9.17) is 4.74 Å². The molecular formula is C20H19NO4S. The summed E-state index contributed by atoms with van der Waals surface area (Å²) in [5, 5.41) is 11.1. The Morgan fingerprint density at radius 3 is 2.62 bits per heavy atom. The zero-order chi connectivity index (χ0) is 18.7. The van der Waals surface area contributed by atoms with Crippen molar-refractivity contribution < 1.29 is 14.6 Å². The van der Waals surface area contributed by atoms with E-state index in [0.717, 1.165) is 17.5 Å². The highest BCUT2D eigenvalue weighted by Gasteiger charge is 2.21. The Morgan fingerprint density at radius 1 is 1.19 bits per heavy atom. The van der Waals surface area contributed by atoms with Crippen LogP contribution in [0.3, 0.4) is 0 Å². The predicted molar refractivity (Wildman–Crippen MR) is 104 cm³/mol. The van der Waals surface area contributed by atoms with Gasteiger partial charge in [-0.05, 0) is 23.6 Å². The molecule has 26 heavy (non-hydrogen) atoms. The molecule has 0 bridgehead atoms. The van der Waals surface area contributed by atoms with Gasteiger partial charge in [-0.2, -0.15) is 0 Å². The lowest BCUT2D eigenvalue weighted by Gasteiger charge is -2.12. The highest BCUT2D eigenvalue weighted by Crippen LogP contribution is 2.37. The van der Waals surface area contributed by atoms with Gasteiger partial charge in [-0.3, -0.25) is 4.79 Å². The standard InChI is InChI=1S/C20H19NO4S/c1-2-3-11-25-20(24)16-17(22)15-14(19(23)21-16)10-9-13(18(15)26)12-7-5-4-6-8-12/h4-10,22,26H,2-3,11H2,1H3,(H,21,23). The number of nitrogens with one attached hydrogen (secondary N) is 1. The fraction of sp³-hybridized carbons (Fsp3) is 0.200. The highest BCUT2D eigenvalue weighted by molar-refractivity contribution is 7.80. The van der Waals surface area contributed by atoms with Gasteiger partial charge in [0.15, 0.2) is 11.4 Å². The molecule has 0 aliphatic carbocycles. The fourth-order valence-electron chi connectivity index (χ4n) is 2.76. The molecule has 5 nitrogen and oxygen atoms in total. The number of ether oxygens (including phenoxy) is 1. The van der Waals surface area contributed by atoms with Crippen molar-refractivity contribution in [1.82, 2.24) is 4.98 Å². The normalized spacial score (nSPS) is 10.8. The maximum absolute atomic E-state index is 12.4. The molecule has 0 fully saturated rings. The molecule has 0 spiro atoms. The van der Waals surface area contributed by atoms with E-state index in [-0.39, 0.29) is 28.8 Å². The number of pyridine rings is 1. The SMILES string of the molecule is CCCCOC(=O)c1[nH]c(=O)c2ccc(-c3ccccc3)c(S)c2c1O. The molecule has 0 aliphatic heterocycles. The Labute approximate surface area is 156 Å². The summed E-state index contributed by atoms with van der Waals surface area (Å²) < 4.78 is 5.11. The number of rotatable bonds is 5. The smallest absolute Gasteiger partial charge is 0.358 e. The second-order valence-electron chi connectivity index (χ2n) is 5.92. The number of aromatic nitrogens is 1. The zero-order valence-electron chi connectivity index (χ0n) is 14.3. The monoisotopic (exact) mass is 369 g/mol. The number of carbonyl (C=O) groups excluding carboxylic acids is 1. The number of carbonyl (C=O) groups is 1. The molecule has 2 N–H and O–H groups in total. The van der Waals surface area contributed by atoms with Gasteiger partial charge in [0, 0.05) is 10.3 Å². The summed E-state index contributed by atoms with van der Waals surface area (Å²) in [6, 6.07) is 12.9. The van der Waals surface area contributed by atoms with Gasteiger partial charge in [-0.25, -0.2) is 4.79 Å². The summed E-state index contributed by atoms with van der Waals surface area (Å²) in [6.07, 6.45) is 1.58. The fourth-order valence-corrected chi connectivity index (χ4v) is 3.19. The summed E-state index contributed by atoms with van der Waals surface area (Å²) in [5.74, 6) is -1.09. The van der Waals surface area contributed by atoms with Crippen LogP contribution in [0.5, 0.6) is 5.75 Å². The van der Waals surface area contributed by atoms with Crippen LogP contribution in [0.2, 0.25) is 0 Å². The maximum atomic E-state index is 12.4. The van der Waals surface area contributed by atoms with E-state index in [1.54, 1.807) is 12.1 Å². The zero-order valence-corrected chi connectivity index (χ0v) is 15.2. The average Bonchev–Trinajstić information content (AvgIpc) is 2.65. The Balaban J connectivity index is 2.16. The third-order valence-corrected chi connectivity index (χ3v) is 4.62. The van der Waals surface area contributed by atoms with Crippen LogP contribution >= 0.6 is 12.6 Å². The van der Waals surface area contributed by atoms with Crippen molar-refractivity contribution in [3.8, 4) is 16.9 Å². The van der Waals surface area contributed by atoms with E-state index in [2.05, 4.69) is 17.6 Å². The van der Waals surface area contributed by atoms with Crippen LogP contribution in [0, 0.1) is 0 Å². The van der Waals surface area contributed by atoms with E-state index < -0.39 is 11.5 Å². The van der Waals surface area contributed by atoms with E-state index in [9.17, 15) is 14.7 Å². The van der Waals surface area contributed by atoms with E-state index in [1.165, 1.54) is 0 Å². The molecular weight excluding hydrogens is 350 g/mol. The first kappa shape index (κ1) is 18.1. The number of hydrogen-bond acceptors (Lipinski definition) is 5. The Kier molecular flexibility index (Phi) is 5.32. The minimum atomic E-state index is -0.757. The van der Waals surface area contributed by atoms with Crippen LogP contribution in [0.25, 0.3) is 21.9 Å². The lowest BCUT2D eigenvalue weighted by atomic mass is 10.0. The van der Waals surface area contributed by atoms with Gasteiger partial charge < -0.3 is 14.8 Å². The highest BCUT2D eigenvalue weighted by atomic mass is 32.1. The Hall–Kier alpha value is -2.73. The van der Waals surface area contributed by atoms with E-state index in [1.807, 2.05) is 37.3 Å². The van der Waals surface area contributed by atoms with Crippen molar-refractivity contribution in [1.29, 1.82) is 0 Å². The molecule has 0 aliphatic rings. The van der Waals surface area contributed by atoms with Crippen LogP contribution < -0.4 is 5.56 Å². The van der Waals surface area contributed by atoms with Crippen molar-refractivity contribution in [2.24, 2.45) is 0 Å². The van der Waals surface area contributed by atoms with Crippen LogP contribution in [0.15, 0.2) is 52.2 Å².